The van der Waals surface area contributed by atoms with Gasteiger partial charge >= 0.3 is 0 Å². The minimum absolute atomic E-state index is 0.178. The van der Waals surface area contributed by atoms with Crippen LogP contribution in [-0.4, -0.2) is 38.9 Å². The zero-order valence-corrected chi connectivity index (χ0v) is 10.2. The fourth-order valence-corrected chi connectivity index (χ4v) is 1.96. The smallest absolute Gasteiger partial charge is 0.129 e. The number of morpholine rings is 1. The molecule has 0 spiro atoms. The van der Waals surface area contributed by atoms with E-state index in [-0.39, 0.29) is 6.10 Å². The van der Waals surface area contributed by atoms with Crippen LogP contribution >= 0.6 is 0 Å². The molecule has 1 saturated heterocycles. The van der Waals surface area contributed by atoms with Gasteiger partial charge in [0.05, 0.1) is 12.7 Å². The van der Waals surface area contributed by atoms with Crippen molar-refractivity contribution >= 4 is 0 Å². The van der Waals surface area contributed by atoms with E-state index in [0.29, 0.717) is 18.5 Å². The molecular weight excluding hydrogens is 238 g/mol. The summed E-state index contributed by atoms with van der Waals surface area (Å²) in [5.74, 6) is -1.02. The maximum Gasteiger partial charge on any atom is 0.129 e. The average Bonchev–Trinajstić information content (AvgIpc) is 2.38. The molecule has 1 aromatic carbocycles. The Hall–Kier alpha value is -1.04. The maximum absolute atomic E-state index is 13.3. The molecule has 0 radical (unpaired) electrons. The minimum atomic E-state index is -0.536. The summed E-state index contributed by atoms with van der Waals surface area (Å²) in [7, 11) is 0. The highest BCUT2D eigenvalue weighted by Crippen LogP contribution is 2.09. The fourth-order valence-electron chi connectivity index (χ4n) is 1.96. The molecule has 1 aliphatic heterocycles. The summed E-state index contributed by atoms with van der Waals surface area (Å²) >= 11 is 0. The summed E-state index contributed by atoms with van der Waals surface area (Å²) in [6, 6.07) is 3.70. The van der Waals surface area contributed by atoms with Gasteiger partial charge in [-0.05, 0) is 24.6 Å². The van der Waals surface area contributed by atoms with Crippen molar-refractivity contribution in [3.63, 3.8) is 0 Å². The van der Waals surface area contributed by atoms with Crippen molar-refractivity contribution in [2.45, 2.75) is 12.5 Å². The number of rotatable bonds is 5. The van der Waals surface area contributed by atoms with Crippen LogP contribution in [0.25, 0.3) is 0 Å². The Morgan fingerprint density at radius 2 is 2.28 bits per heavy atom. The number of nitrogens with one attached hydrogen (secondary N) is 2. The Balaban J connectivity index is 1.68. The Kier molecular flexibility index (Phi) is 5.04. The number of hydrogen-bond acceptors (Lipinski definition) is 3. The van der Waals surface area contributed by atoms with Crippen LogP contribution in [-0.2, 0) is 11.2 Å². The van der Waals surface area contributed by atoms with E-state index in [0.717, 1.165) is 32.3 Å². The molecule has 100 valence electrons. The predicted molar refractivity (Wildman–Crippen MR) is 65.5 cm³/mol. The zero-order chi connectivity index (χ0) is 12.8. The lowest BCUT2D eigenvalue weighted by Crippen LogP contribution is -2.44. The average molecular weight is 256 g/mol. The van der Waals surface area contributed by atoms with E-state index in [1.54, 1.807) is 0 Å². The molecule has 0 saturated carbocycles. The maximum atomic E-state index is 13.3. The molecule has 0 bridgehead atoms. The Morgan fingerprint density at radius 1 is 1.39 bits per heavy atom. The quantitative estimate of drug-likeness (QED) is 0.774. The molecule has 5 heteroatoms. The molecule has 1 aromatic rings. The second-order valence-corrected chi connectivity index (χ2v) is 4.39. The summed E-state index contributed by atoms with van der Waals surface area (Å²) in [6.45, 7) is 3.88. The molecule has 1 heterocycles. The molecule has 1 aliphatic rings. The van der Waals surface area contributed by atoms with E-state index in [4.69, 9.17) is 4.74 Å². The standard InChI is InChI=1S/C13H18F2N2O/c14-11-2-1-10(13(15)7-11)3-4-16-8-12-9-17-5-6-18-12/h1-2,7,12,16-17H,3-6,8-9H2. The molecule has 2 rings (SSSR count). The summed E-state index contributed by atoms with van der Waals surface area (Å²) < 4.78 is 31.6. The van der Waals surface area contributed by atoms with Crippen LogP contribution in [0.3, 0.4) is 0 Å². The van der Waals surface area contributed by atoms with E-state index in [1.165, 1.54) is 12.1 Å². The Morgan fingerprint density at radius 3 is 3.00 bits per heavy atom. The molecule has 3 nitrogen and oxygen atoms in total. The van der Waals surface area contributed by atoms with Crippen LogP contribution in [0.4, 0.5) is 8.78 Å². The molecule has 0 aromatic heterocycles. The third kappa shape index (κ3) is 4.01. The van der Waals surface area contributed by atoms with E-state index in [9.17, 15) is 8.78 Å². The van der Waals surface area contributed by atoms with Crippen LogP contribution in [0.2, 0.25) is 0 Å². The van der Waals surface area contributed by atoms with Gasteiger partial charge in [0.15, 0.2) is 0 Å². The zero-order valence-electron chi connectivity index (χ0n) is 10.2. The van der Waals surface area contributed by atoms with Gasteiger partial charge in [-0.15, -0.1) is 0 Å². The highest BCUT2D eigenvalue weighted by atomic mass is 19.1. The SMILES string of the molecule is Fc1ccc(CCNCC2CNCCO2)c(F)c1. The predicted octanol–water partition coefficient (Wildman–Crippen LogP) is 1.09. The number of benzene rings is 1. The van der Waals surface area contributed by atoms with Crippen LogP contribution in [0, 0.1) is 11.6 Å². The molecular formula is C13H18F2N2O. The first-order chi connectivity index (χ1) is 8.75. The summed E-state index contributed by atoms with van der Waals surface area (Å²) in [4.78, 5) is 0. The second kappa shape index (κ2) is 6.78. The van der Waals surface area contributed by atoms with Gasteiger partial charge in [-0.25, -0.2) is 8.78 Å². The van der Waals surface area contributed by atoms with Gasteiger partial charge in [0.2, 0.25) is 0 Å². The first-order valence-corrected chi connectivity index (χ1v) is 6.22. The molecule has 1 atom stereocenters. The van der Waals surface area contributed by atoms with E-state index in [2.05, 4.69) is 10.6 Å². The third-order valence-electron chi connectivity index (χ3n) is 2.96. The first kappa shape index (κ1) is 13.4. The van der Waals surface area contributed by atoms with Gasteiger partial charge in [0, 0.05) is 25.7 Å². The van der Waals surface area contributed by atoms with Gasteiger partial charge in [-0.1, -0.05) is 6.07 Å². The number of ether oxygens (including phenoxy) is 1. The van der Waals surface area contributed by atoms with Crippen molar-refractivity contribution in [3.05, 3.63) is 35.4 Å². The van der Waals surface area contributed by atoms with Gasteiger partial charge in [0.25, 0.3) is 0 Å². The lowest BCUT2D eigenvalue weighted by atomic mass is 10.1. The van der Waals surface area contributed by atoms with Crippen molar-refractivity contribution < 1.29 is 13.5 Å². The molecule has 1 fully saturated rings. The van der Waals surface area contributed by atoms with Crippen molar-refractivity contribution in [1.82, 2.24) is 10.6 Å². The largest absolute Gasteiger partial charge is 0.374 e. The summed E-state index contributed by atoms with van der Waals surface area (Å²) in [6.07, 6.45) is 0.725. The van der Waals surface area contributed by atoms with Crippen LogP contribution in [0.15, 0.2) is 18.2 Å². The monoisotopic (exact) mass is 256 g/mol. The summed E-state index contributed by atoms with van der Waals surface area (Å²) in [5.41, 5.74) is 0.534. The van der Waals surface area contributed by atoms with Crippen LogP contribution < -0.4 is 10.6 Å². The lowest BCUT2D eigenvalue weighted by molar-refractivity contribution is 0.0294. The number of hydrogen-bond donors (Lipinski definition) is 2. The molecule has 18 heavy (non-hydrogen) atoms. The van der Waals surface area contributed by atoms with Crippen LogP contribution in [0.1, 0.15) is 5.56 Å². The summed E-state index contributed by atoms with van der Waals surface area (Å²) in [5, 5.41) is 6.46. The minimum Gasteiger partial charge on any atom is -0.374 e. The topological polar surface area (TPSA) is 33.3 Å². The fraction of sp³-hybridized carbons (Fsp3) is 0.538. The van der Waals surface area contributed by atoms with Gasteiger partial charge in [-0.3, -0.25) is 0 Å². The normalized spacial score (nSPS) is 20.0. The molecule has 1 unspecified atom stereocenters. The van der Waals surface area contributed by atoms with Gasteiger partial charge < -0.3 is 15.4 Å². The highest BCUT2D eigenvalue weighted by molar-refractivity contribution is 5.18. The van der Waals surface area contributed by atoms with Crippen molar-refractivity contribution in [1.29, 1.82) is 0 Å². The van der Waals surface area contributed by atoms with Gasteiger partial charge in [-0.2, -0.15) is 0 Å². The van der Waals surface area contributed by atoms with Crippen LogP contribution in [0.5, 0.6) is 0 Å². The first-order valence-electron chi connectivity index (χ1n) is 6.22. The van der Waals surface area contributed by atoms with E-state index in [1.807, 2.05) is 0 Å². The lowest BCUT2D eigenvalue weighted by Gasteiger charge is -2.23. The Bertz CT molecular complexity index is 381. The van der Waals surface area contributed by atoms with Gasteiger partial charge in [0.1, 0.15) is 11.6 Å². The highest BCUT2D eigenvalue weighted by Gasteiger charge is 2.12. The number of halogens is 2. The third-order valence-corrected chi connectivity index (χ3v) is 2.96. The van der Waals surface area contributed by atoms with E-state index < -0.39 is 11.6 Å². The van der Waals surface area contributed by atoms with Crippen molar-refractivity contribution in [2.24, 2.45) is 0 Å². The molecule has 0 aliphatic carbocycles. The molecule has 2 N–H and O–H groups in total. The molecule has 0 amide bonds. The Labute approximate surface area is 106 Å². The van der Waals surface area contributed by atoms with Crippen molar-refractivity contribution in [3.8, 4) is 0 Å². The van der Waals surface area contributed by atoms with Crippen molar-refractivity contribution in [2.75, 3.05) is 32.8 Å². The van der Waals surface area contributed by atoms with E-state index >= 15 is 0 Å². The second-order valence-electron chi connectivity index (χ2n) is 4.39.